The van der Waals surface area contributed by atoms with E-state index in [1.165, 1.54) is 23.8 Å². The molecule has 1 atom stereocenters. The first-order chi connectivity index (χ1) is 12.1. The molecular formula is C19H23NO5. The monoisotopic (exact) mass is 345 g/mol. The number of hydrogen-bond donors (Lipinski definition) is 1. The highest BCUT2D eigenvalue weighted by Crippen LogP contribution is 2.24. The normalized spacial score (nSPS) is 21.6. The predicted octanol–water partition coefficient (Wildman–Crippen LogP) is 2.33. The van der Waals surface area contributed by atoms with Gasteiger partial charge in [-0.15, -0.1) is 0 Å². The second-order valence-corrected chi connectivity index (χ2v) is 6.41. The molecule has 1 aliphatic carbocycles. The van der Waals surface area contributed by atoms with Gasteiger partial charge in [-0.2, -0.15) is 0 Å². The van der Waals surface area contributed by atoms with Gasteiger partial charge in [0.2, 0.25) is 5.91 Å². The van der Waals surface area contributed by atoms with E-state index in [2.05, 4.69) is 0 Å². The minimum absolute atomic E-state index is 0.0728. The molecule has 6 heteroatoms. The molecule has 1 N–H and O–H groups in total. The highest BCUT2D eigenvalue weighted by molar-refractivity contribution is 5.92. The first-order valence-corrected chi connectivity index (χ1v) is 8.70. The lowest BCUT2D eigenvalue weighted by Crippen LogP contribution is -2.48. The fraction of sp³-hybridized carbons (Fsp3) is 0.474. The van der Waals surface area contributed by atoms with Crippen molar-refractivity contribution in [2.45, 2.75) is 37.9 Å². The van der Waals surface area contributed by atoms with Gasteiger partial charge in [0.1, 0.15) is 5.75 Å². The van der Waals surface area contributed by atoms with Gasteiger partial charge in [-0.25, -0.2) is 4.79 Å². The zero-order valence-corrected chi connectivity index (χ0v) is 14.1. The Morgan fingerprint density at radius 3 is 2.84 bits per heavy atom. The lowest BCUT2D eigenvalue weighted by atomic mass is 10.2. The number of rotatable bonds is 5. The van der Waals surface area contributed by atoms with E-state index in [1.54, 1.807) is 6.08 Å². The second kappa shape index (κ2) is 8.16. The van der Waals surface area contributed by atoms with Crippen molar-refractivity contribution in [1.29, 1.82) is 0 Å². The molecule has 1 saturated heterocycles. The minimum atomic E-state index is -1.04. The second-order valence-electron chi connectivity index (χ2n) is 6.41. The number of carbonyl (C=O) groups is 2. The standard InChI is InChI=1S/C19H23NO5/c21-18(20-10-11-24-17(13-20)19(22)23)9-8-14-4-3-7-16(12-14)25-15-5-1-2-6-15/h3-4,7-9,12,15,17H,1-2,5-6,10-11,13H2,(H,22,23). The Bertz CT molecular complexity index is 651. The molecule has 25 heavy (non-hydrogen) atoms. The minimum Gasteiger partial charge on any atom is -0.490 e. The molecule has 1 heterocycles. The van der Waals surface area contributed by atoms with Gasteiger partial charge in [0.25, 0.3) is 0 Å². The van der Waals surface area contributed by atoms with E-state index in [9.17, 15) is 9.59 Å². The molecular weight excluding hydrogens is 322 g/mol. The van der Waals surface area contributed by atoms with Crippen LogP contribution in [0.2, 0.25) is 0 Å². The van der Waals surface area contributed by atoms with Crippen LogP contribution in [0.15, 0.2) is 30.3 Å². The summed E-state index contributed by atoms with van der Waals surface area (Å²) >= 11 is 0. The Morgan fingerprint density at radius 1 is 1.28 bits per heavy atom. The Labute approximate surface area is 147 Å². The van der Waals surface area contributed by atoms with Crippen LogP contribution in [0.5, 0.6) is 5.75 Å². The summed E-state index contributed by atoms with van der Waals surface area (Å²) in [4.78, 5) is 24.7. The van der Waals surface area contributed by atoms with Crippen LogP contribution in [0.3, 0.4) is 0 Å². The van der Waals surface area contributed by atoms with Gasteiger partial charge in [0.15, 0.2) is 6.10 Å². The smallest absolute Gasteiger partial charge is 0.334 e. The lowest BCUT2D eigenvalue weighted by Gasteiger charge is -2.30. The molecule has 1 aromatic carbocycles. The van der Waals surface area contributed by atoms with Crippen molar-refractivity contribution in [3.63, 3.8) is 0 Å². The number of aliphatic carboxylic acids is 1. The molecule has 6 nitrogen and oxygen atoms in total. The number of hydrogen-bond acceptors (Lipinski definition) is 4. The summed E-state index contributed by atoms with van der Waals surface area (Å²) in [6.45, 7) is 0.711. The van der Waals surface area contributed by atoms with Crippen molar-refractivity contribution in [3.05, 3.63) is 35.9 Å². The number of carboxylic acid groups (broad SMARTS) is 1. The number of benzene rings is 1. The van der Waals surface area contributed by atoms with Crippen LogP contribution in [0.25, 0.3) is 6.08 Å². The summed E-state index contributed by atoms with van der Waals surface area (Å²) in [7, 11) is 0. The van der Waals surface area contributed by atoms with Gasteiger partial charge in [-0.05, 0) is 49.5 Å². The molecule has 2 aliphatic rings. The van der Waals surface area contributed by atoms with E-state index in [0.29, 0.717) is 12.6 Å². The van der Waals surface area contributed by atoms with E-state index < -0.39 is 12.1 Å². The van der Waals surface area contributed by atoms with Crippen molar-refractivity contribution >= 4 is 18.0 Å². The quantitative estimate of drug-likeness (QED) is 0.829. The molecule has 1 saturated carbocycles. The Hall–Kier alpha value is -2.34. The number of carbonyl (C=O) groups excluding carboxylic acids is 1. The summed E-state index contributed by atoms with van der Waals surface area (Å²) in [6, 6.07) is 7.66. The number of carboxylic acids is 1. The molecule has 0 aromatic heterocycles. The molecule has 0 radical (unpaired) electrons. The molecule has 134 valence electrons. The number of morpholine rings is 1. The van der Waals surface area contributed by atoms with Gasteiger partial charge in [0.05, 0.1) is 19.3 Å². The molecule has 3 rings (SSSR count). The summed E-state index contributed by atoms with van der Waals surface area (Å²) in [5, 5.41) is 9.00. The van der Waals surface area contributed by atoms with Crippen LogP contribution >= 0.6 is 0 Å². The number of nitrogens with zero attached hydrogens (tertiary/aromatic N) is 1. The predicted molar refractivity (Wildman–Crippen MR) is 92.3 cm³/mol. The van der Waals surface area contributed by atoms with Crippen LogP contribution in [0, 0.1) is 0 Å². The average Bonchev–Trinajstić information content (AvgIpc) is 3.13. The third-order valence-corrected chi connectivity index (χ3v) is 4.53. The average molecular weight is 345 g/mol. The van der Waals surface area contributed by atoms with Crippen molar-refractivity contribution in [3.8, 4) is 5.75 Å². The first-order valence-electron chi connectivity index (χ1n) is 8.70. The van der Waals surface area contributed by atoms with Gasteiger partial charge < -0.3 is 19.5 Å². The third kappa shape index (κ3) is 4.82. The van der Waals surface area contributed by atoms with Gasteiger partial charge in [0, 0.05) is 12.6 Å². The molecule has 1 aromatic rings. The van der Waals surface area contributed by atoms with E-state index >= 15 is 0 Å². The van der Waals surface area contributed by atoms with Crippen LogP contribution in [-0.4, -0.2) is 53.8 Å². The van der Waals surface area contributed by atoms with E-state index in [-0.39, 0.29) is 19.1 Å². The number of ether oxygens (including phenoxy) is 2. The number of amides is 1. The lowest BCUT2D eigenvalue weighted by molar-refractivity contribution is -0.158. The van der Waals surface area contributed by atoms with E-state index in [4.69, 9.17) is 14.6 Å². The largest absolute Gasteiger partial charge is 0.490 e. The summed E-state index contributed by atoms with van der Waals surface area (Å²) in [6.07, 6.45) is 7.18. The van der Waals surface area contributed by atoms with Crippen molar-refractivity contribution < 1.29 is 24.2 Å². The highest BCUT2D eigenvalue weighted by atomic mass is 16.5. The summed E-state index contributed by atoms with van der Waals surface area (Å²) < 4.78 is 11.1. The highest BCUT2D eigenvalue weighted by Gasteiger charge is 2.27. The van der Waals surface area contributed by atoms with Crippen molar-refractivity contribution in [2.24, 2.45) is 0 Å². The topological polar surface area (TPSA) is 76.1 Å². The molecule has 0 bridgehead atoms. The molecule has 1 aliphatic heterocycles. The van der Waals surface area contributed by atoms with Crippen LogP contribution in [0.1, 0.15) is 31.2 Å². The van der Waals surface area contributed by atoms with Crippen LogP contribution in [0.4, 0.5) is 0 Å². The van der Waals surface area contributed by atoms with Crippen LogP contribution < -0.4 is 4.74 Å². The summed E-state index contributed by atoms with van der Waals surface area (Å²) in [5.41, 5.74) is 0.881. The summed E-state index contributed by atoms with van der Waals surface area (Å²) in [5.74, 6) is -0.436. The maximum absolute atomic E-state index is 12.3. The van der Waals surface area contributed by atoms with Crippen LogP contribution in [-0.2, 0) is 14.3 Å². The third-order valence-electron chi connectivity index (χ3n) is 4.53. The zero-order chi connectivity index (χ0) is 17.6. The molecule has 2 fully saturated rings. The molecule has 0 spiro atoms. The van der Waals surface area contributed by atoms with Gasteiger partial charge >= 0.3 is 5.97 Å². The fourth-order valence-corrected chi connectivity index (χ4v) is 3.16. The van der Waals surface area contributed by atoms with Gasteiger partial charge in [-0.1, -0.05) is 12.1 Å². The Balaban J connectivity index is 1.59. The maximum Gasteiger partial charge on any atom is 0.334 e. The Kier molecular flexibility index (Phi) is 5.71. The van der Waals surface area contributed by atoms with Gasteiger partial charge in [-0.3, -0.25) is 4.79 Å². The Morgan fingerprint density at radius 2 is 2.08 bits per heavy atom. The van der Waals surface area contributed by atoms with E-state index in [0.717, 1.165) is 24.2 Å². The fourth-order valence-electron chi connectivity index (χ4n) is 3.16. The maximum atomic E-state index is 12.3. The van der Waals surface area contributed by atoms with Crippen molar-refractivity contribution in [1.82, 2.24) is 4.90 Å². The molecule has 1 amide bonds. The SMILES string of the molecule is O=C(O)C1CN(C(=O)C=Cc2cccc(OC3CCCC3)c2)CCO1. The van der Waals surface area contributed by atoms with E-state index in [1.807, 2.05) is 24.3 Å². The molecule has 1 unspecified atom stereocenters. The first kappa shape index (κ1) is 17.5. The van der Waals surface area contributed by atoms with Crippen molar-refractivity contribution in [2.75, 3.05) is 19.7 Å². The zero-order valence-electron chi connectivity index (χ0n) is 14.1.